The molecule has 1 aliphatic carbocycles. The molecule has 156 valence electrons. The third kappa shape index (κ3) is 3.15. The molecule has 3 atom stereocenters. The van der Waals surface area contributed by atoms with Gasteiger partial charge in [-0.3, -0.25) is 24.5 Å². The number of benzene rings is 1. The van der Waals surface area contributed by atoms with Crippen molar-refractivity contribution >= 4 is 29.1 Å². The first-order valence-corrected chi connectivity index (χ1v) is 10.3. The lowest BCUT2D eigenvalue weighted by Crippen LogP contribution is -2.41. The van der Waals surface area contributed by atoms with Gasteiger partial charge in [0, 0.05) is 55.2 Å². The highest BCUT2D eigenvalue weighted by Crippen LogP contribution is 2.36. The van der Waals surface area contributed by atoms with Crippen molar-refractivity contribution in [1.82, 2.24) is 10.6 Å². The number of fused-ring (bicyclic) bond motifs is 2. The minimum absolute atomic E-state index is 0.0642. The molecule has 0 bridgehead atoms. The number of hydrogen-bond acceptors (Lipinski definition) is 6. The smallest absolute Gasteiger partial charge is 0.230 e. The van der Waals surface area contributed by atoms with Crippen LogP contribution in [0.2, 0.25) is 0 Å². The Hall–Kier alpha value is -2.87. The van der Waals surface area contributed by atoms with Crippen LogP contribution in [-0.4, -0.2) is 49.6 Å². The number of ketones is 2. The largest absolute Gasteiger partial charge is 0.368 e. The van der Waals surface area contributed by atoms with Gasteiger partial charge in [-0.05, 0) is 42.9 Å². The maximum absolute atomic E-state index is 14.8. The second-order valence-corrected chi connectivity index (χ2v) is 8.65. The van der Waals surface area contributed by atoms with Gasteiger partial charge >= 0.3 is 0 Å². The van der Waals surface area contributed by atoms with Crippen molar-refractivity contribution in [2.45, 2.75) is 19.3 Å². The van der Waals surface area contributed by atoms with Crippen molar-refractivity contribution in [1.29, 1.82) is 0 Å². The van der Waals surface area contributed by atoms with E-state index in [0.29, 0.717) is 37.0 Å². The van der Waals surface area contributed by atoms with Crippen LogP contribution in [0.25, 0.3) is 0 Å². The number of carbonyl (C=O) groups is 4. The van der Waals surface area contributed by atoms with E-state index in [1.807, 2.05) is 4.90 Å². The summed E-state index contributed by atoms with van der Waals surface area (Å²) in [6, 6.07) is 2.66. The van der Waals surface area contributed by atoms with Crippen LogP contribution < -0.4 is 15.5 Å². The minimum Gasteiger partial charge on any atom is -0.368 e. The number of carbonyl (C=O) groups excluding carboxylic acids is 4. The first-order chi connectivity index (χ1) is 14.4. The lowest BCUT2D eigenvalue weighted by Gasteiger charge is -2.25. The molecule has 1 aromatic rings. The second-order valence-electron chi connectivity index (χ2n) is 8.65. The Bertz CT molecular complexity index is 1010. The highest BCUT2D eigenvalue weighted by Gasteiger charge is 2.38. The Balaban J connectivity index is 1.41. The first-order valence-electron chi connectivity index (χ1n) is 10.3. The van der Waals surface area contributed by atoms with E-state index in [4.69, 9.17) is 0 Å². The highest BCUT2D eigenvalue weighted by molar-refractivity contribution is 6.25. The van der Waals surface area contributed by atoms with E-state index in [9.17, 15) is 23.6 Å². The van der Waals surface area contributed by atoms with Gasteiger partial charge in [-0.1, -0.05) is 0 Å². The van der Waals surface area contributed by atoms with Gasteiger partial charge in [0.05, 0.1) is 5.69 Å². The molecule has 3 unspecified atom stereocenters. The number of anilines is 1. The molecule has 0 radical (unpaired) electrons. The number of allylic oxidation sites excluding steroid dienone is 2. The summed E-state index contributed by atoms with van der Waals surface area (Å²) in [5.74, 6) is -1.64. The fraction of sp³-hybridized carbons (Fsp3) is 0.455. The summed E-state index contributed by atoms with van der Waals surface area (Å²) >= 11 is 0. The number of rotatable bonds is 3. The molecule has 2 amide bonds. The maximum Gasteiger partial charge on any atom is 0.230 e. The molecule has 7 nitrogen and oxygen atoms in total. The molecule has 3 heterocycles. The van der Waals surface area contributed by atoms with E-state index < -0.39 is 23.4 Å². The summed E-state index contributed by atoms with van der Waals surface area (Å²) in [6.07, 6.45) is 1.86. The lowest BCUT2D eigenvalue weighted by atomic mass is 9.82. The fourth-order valence-corrected chi connectivity index (χ4v) is 5.07. The van der Waals surface area contributed by atoms with E-state index in [0.717, 1.165) is 19.2 Å². The second kappa shape index (κ2) is 7.12. The molecule has 2 N–H and O–H groups in total. The summed E-state index contributed by atoms with van der Waals surface area (Å²) in [7, 11) is 0. The Labute approximate surface area is 172 Å². The Morgan fingerprint density at radius 1 is 1.03 bits per heavy atom. The van der Waals surface area contributed by atoms with Crippen molar-refractivity contribution in [3.63, 3.8) is 0 Å². The number of piperidine rings is 1. The van der Waals surface area contributed by atoms with Crippen LogP contribution in [-0.2, 0) is 9.59 Å². The van der Waals surface area contributed by atoms with Crippen LogP contribution in [0.3, 0.4) is 0 Å². The molecular formula is C22H22FN3O4. The van der Waals surface area contributed by atoms with Crippen LogP contribution >= 0.6 is 0 Å². The first kappa shape index (κ1) is 19.1. The normalized spacial score (nSPS) is 28.4. The number of nitrogens with one attached hydrogen (secondary N) is 2. The third-order valence-electron chi connectivity index (χ3n) is 6.74. The number of amides is 2. The topological polar surface area (TPSA) is 95.6 Å². The van der Waals surface area contributed by atoms with Gasteiger partial charge in [0.15, 0.2) is 11.6 Å². The molecule has 5 rings (SSSR count). The summed E-state index contributed by atoms with van der Waals surface area (Å²) in [5.41, 5.74) is 0.847. The molecule has 1 aromatic carbocycles. The van der Waals surface area contributed by atoms with E-state index in [1.54, 1.807) is 0 Å². The third-order valence-corrected chi connectivity index (χ3v) is 6.74. The van der Waals surface area contributed by atoms with Crippen LogP contribution in [0.1, 0.15) is 40.0 Å². The zero-order chi connectivity index (χ0) is 21.0. The van der Waals surface area contributed by atoms with E-state index in [2.05, 4.69) is 10.6 Å². The lowest BCUT2D eigenvalue weighted by molar-refractivity contribution is -0.136. The van der Waals surface area contributed by atoms with Crippen molar-refractivity contribution in [3.8, 4) is 0 Å². The quantitative estimate of drug-likeness (QED) is 0.727. The summed E-state index contributed by atoms with van der Waals surface area (Å²) < 4.78 is 14.8. The predicted octanol–water partition coefficient (Wildman–Crippen LogP) is 1.23. The summed E-state index contributed by atoms with van der Waals surface area (Å²) in [6.45, 7) is 3.25. The fourth-order valence-electron chi connectivity index (χ4n) is 5.07. The monoisotopic (exact) mass is 411 g/mol. The zero-order valence-corrected chi connectivity index (χ0v) is 16.4. The van der Waals surface area contributed by atoms with E-state index in [1.165, 1.54) is 12.1 Å². The maximum atomic E-state index is 14.8. The van der Waals surface area contributed by atoms with Crippen molar-refractivity contribution in [2.24, 2.45) is 17.8 Å². The Morgan fingerprint density at radius 2 is 1.77 bits per heavy atom. The SMILES string of the molecule is O=C1CCC(CC2=CC(=O)c3cc(F)c(N4CC5CNCC5C4)cc3C2=O)C(=O)N1. The number of Topliss-reactive ketones (excluding diaryl/α,β-unsaturated/α-hetero) is 1. The molecule has 30 heavy (non-hydrogen) atoms. The molecule has 3 aliphatic heterocycles. The van der Waals surface area contributed by atoms with Crippen LogP contribution in [0, 0.1) is 23.6 Å². The predicted molar refractivity (Wildman–Crippen MR) is 106 cm³/mol. The summed E-state index contributed by atoms with van der Waals surface area (Å²) in [4.78, 5) is 51.1. The van der Waals surface area contributed by atoms with Gasteiger partial charge in [-0.15, -0.1) is 0 Å². The molecule has 3 fully saturated rings. The van der Waals surface area contributed by atoms with E-state index >= 15 is 0 Å². The Morgan fingerprint density at radius 3 is 2.47 bits per heavy atom. The molecule has 8 heteroatoms. The van der Waals surface area contributed by atoms with E-state index in [-0.39, 0.29) is 41.2 Å². The standard InChI is InChI=1S/C22H22FN3O4/c23-17-5-15-16(6-18(17)26-9-13-7-24-8-14(13)10-26)21(29)12(4-19(15)27)3-11-1-2-20(28)25-22(11)30/h4-6,11,13-14,24H,1-3,7-10H2,(H,25,28,30). The molecule has 3 saturated heterocycles. The number of halogens is 1. The minimum atomic E-state index is -0.530. The molecular weight excluding hydrogens is 389 g/mol. The van der Waals surface area contributed by atoms with Gasteiger partial charge in [0.1, 0.15) is 5.82 Å². The summed E-state index contributed by atoms with van der Waals surface area (Å²) in [5, 5.41) is 5.62. The van der Waals surface area contributed by atoms with Gasteiger partial charge < -0.3 is 10.2 Å². The highest BCUT2D eigenvalue weighted by atomic mass is 19.1. The number of nitrogens with zero attached hydrogens (tertiary/aromatic N) is 1. The average Bonchev–Trinajstić information content (AvgIpc) is 3.30. The van der Waals surface area contributed by atoms with Gasteiger partial charge in [-0.25, -0.2) is 4.39 Å². The van der Waals surface area contributed by atoms with Gasteiger partial charge in [0.2, 0.25) is 11.8 Å². The van der Waals surface area contributed by atoms with Gasteiger partial charge in [-0.2, -0.15) is 0 Å². The molecule has 0 aromatic heterocycles. The average molecular weight is 411 g/mol. The Kier molecular flexibility index (Phi) is 4.54. The van der Waals surface area contributed by atoms with Gasteiger partial charge in [0.25, 0.3) is 0 Å². The number of imide groups is 1. The molecule has 0 spiro atoms. The molecule has 0 saturated carbocycles. The number of hydrogen-bond donors (Lipinski definition) is 2. The molecule has 4 aliphatic rings. The van der Waals surface area contributed by atoms with Crippen LogP contribution in [0.15, 0.2) is 23.8 Å². The van der Waals surface area contributed by atoms with Crippen LogP contribution in [0.4, 0.5) is 10.1 Å². The van der Waals surface area contributed by atoms with Crippen molar-refractivity contribution in [2.75, 3.05) is 31.1 Å². The van der Waals surface area contributed by atoms with Crippen molar-refractivity contribution in [3.05, 3.63) is 40.7 Å². The van der Waals surface area contributed by atoms with Crippen LogP contribution in [0.5, 0.6) is 0 Å². The van der Waals surface area contributed by atoms with Crippen molar-refractivity contribution < 1.29 is 23.6 Å². The zero-order valence-electron chi connectivity index (χ0n) is 16.4.